The van der Waals surface area contributed by atoms with E-state index in [0.717, 1.165) is 0 Å². The van der Waals surface area contributed by atoms with Crippen LogP contribution in [0, 0.1) is 22.2 Å². The van der Waals surface area contributed by atoms with Crippen molar-refractivity contribution in [3.63, 3.8) is 0 Å². The Kier molecular flexibility index (Phi) is 4.01. The van der Waals surface area contributed by atoms with Crippen LogP contribution in [-0.2, 0) is 0 Å². The minimum absolute atomic E-state index is 0.180. The fraction of sp³-hybridized carbons (Fsp3) is 0.500. The molecular weight excluding hydrogens is 304 g/mol. The molecular formula is C16H19ClN2O3. The number of hydrogen-bond donors (Lipinski definition) is 2. The lowest BCUT2D eigenvalue weighted by molar-refractivity contribution is -0.165. The van der Waals surface area contributed by atoms with Crippen molar-refractivity contribution in [2.24, 2.45) is 10.8 Å². The van der Waals surface area contributed by atoms with Gasteiger partial charge in [0.1, 0.15) is 17.9 Å². The highest BCUT2D eigenvalue weighted by atomic mass is 35.5. The zero-order chi connectivity index (χ0) is 16.7. The number of nitrogens with one attached hydrogen (secondary N) is 1. The molecule has 1 amide bonds. The van der Waals surface area contributed by atoms with Crippen molar-refractivity contribution >= 4 is 17.7 Å². The van der Waals surface area contributed by atoms with Gasteiger partial charge in [0.05, 0.1) is 10.6 Å². The normalized spacial score (nSPS) is 24.7. The molecule has 2 N–H and O–H groups in total. The lowest BCUT2D eigenvalue weighted by atomic mass is 9.49. The summed E-state index contributed by atoms with van der Waals surface area (Å²) in [4.78, 5) is 11.0. The molecule has 1 saturated carbocycles. The lowest BCUT2D eigenvalue weighted by Gasteiger charge is -2.62. The van der Waals surface area contributed by atoms with Crippen LogP contribution in [-0.4, -0.2) is 23.3 Å². The summed E-state index contributed by atoms with van der Waals surface area (Å²) in [5, 5.41) is 20.8. The van der Waals surface area contributed by atoms with Crippen LogP contribution in [0.4, 0.5) is 4.79 Å². The van der Waals surface area contributed by atoms with Crippen LogP contribution in [0.3, 0.4) is 0 Å². The molecule has 0 saturated heterocycles. The van der Waals surface area contributed by atoms with Crippen molar-refractivity contribution < 1.29 is 14.6 Å². The first kappa shape index (κ1) is 16.4. The highest BCUT2D eigenvalue weighted by Gasteiger charge is 2.64. The highest BCUT2D eigenvalue weighted by molar-refractivity contribution is 6.31. The van der Waals surface area contributed by atoms with Gasteiger partial charge in [-0.2, -0.15) is 5.26 Å². The monoisotopic (exact) mass is 322 g/mol. The maximum atomic E-state index is 11.0. The van der Waals surface area contributed by atoms with Crippen LogP contribution in [0.5, 0.6) is 5.75 Å². The quantitative estimate of drug-likeness (QED) is 0.889. The number of carboxylic acid groups (broad SMARTS) is 1. The first-order valence-corrected chi connectivity index (χ1v) is 7.34. The van der Waals surface area contributed by atoms with Crippen LogP contribution in [0.1, 0.15) is 33.3 Å². The molecule has 0 aromatic heterocycles. The number of hydrogen-bond acceptors (Lipinski definition) is 3. The molecule has 5 nitrogen and oxygen atoms in total. The molecule has 0 atom stereocenters. The Morgan fingerprint density at radius 2 is 1.95 bits per heavy atom. The standard InChI is InChI=1S/C16H19ClN2O3/c1-15(2)12(19-14(20)21)16(3,4)13(15)22-10-6-5-9(8-18)11(17)7-10/h5-7,12-13,19H,1-4H3,(H,20,21). The minimum atomic E-state index is -1.04. The molecule has 0 aliphatic heterocycles. The molecule has 0 unspecified atom stereocenters. The number of amides is 1. The van der Waals surface area contributed by atoms with Crippen molar-refractivity contribution in [3.05, 3.63) is 28.8 Å². The van der Waals surface area contributed by atoms with Gasteiger partial charge in [-0.15, -0.1) is 0 Å². The van der Waals surface area contributed by atoms with Crippen LogP contribution in [0.2, 0.25) is 5.02 Å². The van der Waals surface area contributed by atoms with E-state index < -0.39 is 6.09 Å². The van der Waals surface area contributed by atoms with Gasteiger partial charge in [0, 0.05) is 22.9 Å². The third kappa shape index (κ3) is 2.59. The van der Waals surface area contributed by atoms with Crippen LogP contribution in [0.15, 0.2) is 18.2 Å². The molecule has 1 aromatic carbocycles. The smallest absolute Gasteiger partial charge is 0.404 e. The largest absolute Gasteiger partial charge is 0.489 e. The molecule has 1 aromatic rings. The molecule has 2 rings (SSSR count). The molecule has 1 aliphatic rings. The number of benzene rings is 1. The van der Waals surface area contributed by atoms with Crippen molar-refractivity contribution in [2.45, 2.75) is 39.8 Å². The molecule has 6 heteroatoms. The summed E-state index contributed by atoms with van der Waals surface area (Å²) in [6.45, 7) is 7.87. The van der Waals surface area contributed by atoms with Gasteiger partial charge in [0.25, 0.3) is 0 Å². The average molecular weight is 323 g/mol. The van der Waals surface area contributed by atoms with Gasteiger partial charge in [-0.25, -0.2) is 4.79 Å². The van der Waals surface area contributed by atoms with E-state index in [2.05, 4.69) is 5.32 Å². The first-order valence-electron chi connectivity index (χ1n) is 6.96. The molecule has 0 radical (unpaired) electrons. The van der Waals surface area contributed by atoms with Gasteiger partial charge < -0.3 is 15.2 Å². The van der Waals surface area contributed by atoms with E-state index in [4.69, 9.17) is 26.7 Å². The molecule has 118 valence electrons. The summed E-state index contributed by atoms with van der Waals surface area (Å²) < 4.78 is 6.05. The molecule has 0 bridgehead atoms. The lowest BCUT2D eigenvalue weighted by Crippen LogP contribution is -2.74. The second kappa shape index (κ2) is 5.36. The Balaban J connectivity index is 2.22. The van der Waals surface area contributed by atoms with E-state index in [0.29, 0.717) is 16.3 Å². The summed E-state index contributed by atoms with van der Waals surface area (Å²) in [5.41, 5.74) is -0.323. The second-order valence-electron chi connectivity index (χ2n) is 6.78. The highest BCUT2D eigenvalue weighted by Crippen LogP contribution is 2.55. The topological polar surface area (TPSA) is 82.3 Å². The van der Waals surface area contributed by atoms with Gasteiger partial charge in [-0.1, -0.05) is 39.3 Å². The average Bonchev–Trinajstić information content (AvgIpc) is 2.41. The Morgan fingerprint density at radius 1 is 1.36 bits per heavy atom. The number of carbonyl (C=O) groups is 1. The number of halogens is 1. The third-order valence-electron chi connectivity index (χ3n) is 4.42. The summed E-state index contributed by atoms with van der Waals surface area (Å²) in [7, 11) is 0. The Morgan fingerprint density at radius 3 is 2.41 bits per heavy atom. The predicted molar refractivity (Wildman–Crippen MR) is 83.1 cm³/mol. The minimum Gasteiger partial charge on any atom is -0.489 e. The number of nitriles is 1. The van der Waals surface area contributed by atoms with Crippen LogP contribution < -0.4 is 10.1 Å². The Labute approximate surface area is 134 Å². The number of ether oxygens (including phenoxy) is 1. The predicted octanol–water partition coefficient (Wildman–Crippen LogP) is 3.66. The summed E-state index contributed by atoms with van der Waals surface area (Å²) >= 11 is 6.02. The van der Waals surface area contributed by atoms with Crippen LogP contribution >= 0.6 is 11.6 Å². The molecule has 1 fully saturated rings. The van der Waals surface area contributed by atoms with Crippen molar-refractivity contribution in [2.75, 3.05) is 0 Å². The molecule has 0 spiro atoms. The van der Waals surface area contributed by atoms with Gasteiger partial charge in [-0.05, 0) is 12.1 Å². The first-order chi connectivity index (χ1) is 10.1. The van der Waals surface area contributed by atoms with E-state index in [9.17, 15) is 4.79 Å². The fourth-order valence-corrected chi connectivity index (χ4v) is 3.93. The van der Waals surface area contributed by atoms with E-state index in [-0.39, 0.29) is 23.0 Å². The van der Waals surface area contributed by atoms with Gasteiger partial charge in [0.2, 0.25) is 0 Å². The van der Waals surface area contributed by atoms with E-state index in [1.807, 2.05) is 33.8 Å². The third-order valence-corrected chi connectivity index (χ3v) is 4.73. The van der Waals surface area contributed by atoms with E-state index in [1.165, 1.54) is 0 Å². The number of nitrogens with zero attached hydrogens (tertiary/aromatic N) is 1. The SMILES string of the molecule is CC1(C)C(NC(=O)O)C(C)(C)C1Oc1ccc(C#N)c(Cl)c1. The Hall–Kier alpha value is -1.93. The van der Waals surface area contributed by atoms with Gasteiger partial charge >= 0.3 is 6.09 Å². The number of rotatable bonds is 3. The maximum Gasteiger partial charge on any atom is 0.404 e. The van der Waals surface area contributed by atoms with E-state index >= 15 is 0 Å². The van der Waals surface area contributed by atoms with Gasteiger partial charge in [-0.3, -0.25) is 0 Å². The second-order valence-corrected chi connectivity index (χ2v) is 7.18. The molecule has 22 heavy (non-hydrogen) atoms. The fourth-order valence-electron chi connectivity index (χ4n) is 3.72. The van der Waals surface area contributed by atoms with Crippen molar-refractivity contribution in [1.29, 1.82) is 5.26 Å². The van der Waals surface area contributed by atoms with Gasteiger partial charge in [0.15, 0.2) is 0 Å². The summed E-state index contributed by atoms with van der Waals surface area (Å²) in [6.07, 6.45) is -1.22. The zero-order valence-electron chi connectivity index (χ0n) is 13.0. The maximum absolute atomic E-state index is 11.0. The zero-order valence-corrected chi connectivity index (χ0v) is 13.7. The van der Waals surface area contributed by atoms with Crippen molar-refractivity contribution in [3.8, 4) is 11.8 Å². The molecule has 1 aliphatic carbocycles. The van der Waals surface area contributed by atoms with Crippen molar-refractivity contribution in [1.82, 2.24) is 5.32 Å². The molecule has 0 heterocycles. The van der Waals surface area contributed by atoms with Crippen LogP contribution in [0.25, 0.3) is 0 Å². The summed E-state index contributed by atoms with van der Waals surface area (Å²) in [5.74, 6) is 0.573. The Bertz CT molecular complexity index is 633. The summed E-state index contributed by atoms with van der Waals surface area (Å²) in [6, 6.07) is 6.72. The van der Waals surface area contributed by atoms with E-state index in [1.54, 1.807) is 18.2 Å².